The summed E-state index contributed by atoms with van der Waals surface area (Å²) in [5, 5.41) is 9.82. The Hall–Kier alpha value is -3.98. The molecule has 0 aliphatic carbocycles. The highest BCUT2D eigenvalue weighted by Gasteiger charge is 2.17. The van der Waals surface area contributed by atoms with Crippen molar-refractivity contribution in [2.24, 2.45) is 0 Å². The second kappa shape index (κ2) is 8.18. The van der Waals surface area contributed by atoms with Crippen LogP contribution in [0.4, 0.5) is 0 Å². The fourth-order valence-corrected chi connectivity index (χ4v) is 3.05. The predicted octanol–water partition coefficient (Wildman–Crippen LogP) is 2.00. The van der Waals surface area contributed by atoms with Gasteiger partial charge in [0.15, 0.2) is 0 Å². The molecule has 0 aliphatic rings. The zero-order valence-electron chi connectivity index (χ0n) is 16.0. The highest BCUT2D eigenvalue weighted by atomic mass is 16.5. The van der Waals surface area contributed by atoms with Crippen LogP contribution in [0.3, 0.4) is 0 Å². The largest absolute Gasteiger partial charge is 0.410 e. The van der Waals surface area contributed by atoms with E-state index in [0.29, 0.717) is 39.9 Å². The number of fused-ring (bicyclic) bond motifs is 1. The number of ether oxygens (including phenoxy) is 1. The minimum atomic E-state index is -0.422. The molecule has 30 heavy (non-hydrogen) atoms. The average Bonchev–Trinajstić information content (AvgIpc) is 2.79. The molecule has 1 atom stereocenters. The lowest BCUT2D eigenvalue weighted by Gasteiger charge is -2.14. The van der Waals surface area contributed by atoms with Gasteiger partial charge in [-0.05, 0) is 31.2 Å². The van der Waals surface area contributed by atoms with Crippen molar-refractivity contribution in [1.82, 2.24) is 24.5 Å². The van der Waals surface area contributed by atoms with Crippen LogP contribution < -0.4 is 10.3 Å². The van der Waals surface area contributed by atoms with Crippen molar-refractivity contribution in [3.63, 3.8) is 0 Å². The van der Waals surface area contributed by atoms with Crippen LogP contribution >= 0.6 is 0 Å². The minimum Gasteiger partial charge on any atom is -0.410 e. The predicted molar refractivity (Wildman–Crippen MR) is 109 cm³/mol. The summed E-state index contributed by atoms with van der Waals surface area (Å²) >= 11 is 0. The molecule has 0 saturated carbocycles. The number of carbonyl (C=O) groups is 1. The number of carbonyl (C=O) groups excluding carboxylic acids is 1. The van der Waals surface area contributed by atoms with Crippen LogP contribution in [-0.2, 0) is 4.79 Å². The van der Waals surface area contributed by atoms with Crippen LogP contribution in [0.15, 0.2) is 60.0 Å². The smallest absolute Gasteiger partial charge is 0.299 e. The van der Waals surface area contributed by atoms with Gasteiger partial charge in [0.25, 0.3) is 12.0 Å². The molecule has 4 heterocycles. The van der Waals surface area contributed by atoms with E-state index in [-0.39, 0.29) is 18.0 Å². The third-order valence-corrected chi connectivity index (χ3v) is 4.64. The molecule has 9 heteroatoms. The lowest BCUT2D eigenvalue weighted by Crippen LogP contribution is -2.25. The van der Waals surface area contributed by atoms with E-state index in [0.717, 1.165) is 0 Å². The number of aliphatic hydroxyl groups is 1. The Morgan fingerprint density at radius 2 is 2.07 bits per heavy atom. The van der Waals surface area contributed by atoms with Gasteiger partial charge in [-0.3, -0.25) is 19.1 Å². The van der Waals surface area contributed by atoms with E-state index in [9.17, 15) is 14.7 Å². The summed E-state index contributed by atoms with van der Waals surface area (Å²) in [6.45, 7) is 1.84. The lowest BCUT2D eigenvalue weighted by molar-refractivity contribution is -0.120. The number of hydrogen-bond donors (Lipinski definition) is 1. The zero-order valence-corrected chi connectivity index (χ0v) is 16.0. The molecule has 0 aliphatic heterocycles. The third-order valence-electron chi connectivity index (χ3n) is 4.64. The molecule has 0 bridgehead atoms. The van der Waals surface area contributed by atoms with Gasteiger partial charge in [-0.2, -0.15) is 0 Å². The van der Waals surface area contributed by atoms with E-state index in [4.69, 9.17) is 9.72 Å². The van der Waals surface area contributed by atoms with E-state index < -0.39 is 6.04 Å². The third kappa shape index (κ3) is 3.53. The van der Waals surface area contributed by atoms with Crippen molar-refractivity contribution in [3.05, 3.63) is 65.6 Å². The van der Waals surface area contributed by atoms with Gasteiger partial charge >= 0.3 is 0 Å². The SMILES string of the molecule is C[C@@H](CO)n1cnc2c(-c3cccnc3)nc(-c3ccc(OC=O)nc3)cc2c1=O. The second-order valence-electron chi connectivity index (χ2n) is 6.58. The van der Waals surface area contributed by atoms with Crippen LogP contribution in [0, 0.1) is 0 Å². The fourth-order valence-electron chi connectivity index (χ4n) is 3.05. The maximum atomic E-state index is 13.1. The minimum absolute atomic E-state index is 0.155. The Morgan fingerprint density at radius 3 is 2.73 bits per heavy atom. The quantitative estimate of drug-likeness (QED) is 0.486. The molecule has 0 amide bonds. The van der Waals surface area contributed by atoms with Crippen molar-refractivity contribution >= 4 is 17.4 Å². The Kier molecular flexibility index (Phi) is 5.27. The molecule has 150 valence electrons. The molecule has 1 N–H and O–H groups in total. The first kappa shape index (κ1) is 19.3. The average molecular weight is 403 g/mol. The van der Waals surface area contributed by atoms with Gasteiger partial charge in [-0.15, -0.1) is 0 Å². The molecule has 0 unspecified atom stereocenters. The first-order valence-corrected chi connectivity index (χ1v) is 9.12. The Labute approximate surface area is 170 Å². The molecule has 0 spiro atoms. The first-order chi connectivity index (χ1) is 14.6. The van der Waals surface area contributed by atoms with Crippen molar-refractivity contribution in [2.45, 2.75) is 13.0 Å². The van der Waals surface area contributed by atoms with Gasteiger partial charge in [0.2, 0.25) is 5.88 Å². The maximum Gasteiger partial charge on any atom is 0.299 e. The molecule has 4 rings (SSSR count). The van der Waals surface area contributed by atoms with Gasteiger partial charge in [-0.1, -0.05) is 0 Å². The molecule has 9 nitrogen and oxygen atoms in total. The highest BCUT2D eigenvalue weighted by molar-refractivity contribution is 5.93. The number of nitrogens with zero attached hydrogens (tertiary/aromatic N) is 5. The topological polar surface area (TPSA) is 120 Å². The van der Waals surface area contributed by atoms with Crippen LogP contribution in [0.5, 0.6) is 5.88 Å². The van der Waals surface area contributed by atoms with Crippen LogP contribution in [0.1, 0.15) is 13.0 Å². The number of aliphatic hydroxyl groups excluding tert-OH is 1. The van der Waals surface area contributed by atoms with Gasteiger partial charge in [0.1, 0.15) is 5.52 Å². The van der Waals surface area contributed by atoms with E-state index in [2.05, 4.69) is 15.0 Å². The fraction of sp³-hybridized carbons (Fsp3) is 0.143. The summed E-state index contributed by atoms with van der Waals surface area (Å²) in [5.74, 6) is 0.155. The van der Waals surface area contributed by atoms with Crippen molar-refractivity contribution in [1.29, 1.82) is 0 Å². The highest BCUT2D eigenvalue weighted by Crippen LogP contribution is 2.28. The second-order valence-corrected chi connectivity index (χ2v) is 6.58. The van der Waals surface area contributed by atoms with Crippen LogP contribution in [-0.4, -0.2) is 42.7 Å². The van der Waals surface area contributed by atoms with Gasteiger partial charge < -0.3 is 9.84 Å². The number of hydrogen-bond acceptors (Lipinski definition) is 8. The molecule has 4 aromatic rings. The molecule has 0 radical (unpaired) electrons. The normalized spacial score (nSPS) is 11.9. The molecule has 0 fully saturated rings. The standard InChI is InChI=1S/C21H17N5O4/c1-13(10-27)26-11-24-20-16(21(26)29)7-17(14-4-5-18(23-9-14)30-12-28)25-19(20)15-3-2-6-22-8-15/h2-9,11-13,27H,10H2,1H3/t13-/m0/s1. The Bertz CT molecular complexity index is 1260. The van der Waals surface area contributed by atoms with Gasteiger partial charge in [0.05, 0.1) is 35.8 Å². The van der Waals surface area contributed by atoms with E-state index in [1.165, 1.54) is 23.2 Å². The summed E-state index contributed by atoms with van der Waals surface area (Å²) in [6.07, 6.45) is 6.22. The number of aromatic nitrogens is 5. The van der Waals surface area contributed by atoms with Crippen molar-refractivity contribution in [2.75, 3.05) is 6.61 Å². The summed E-state index contributed by atoms with van der Waals surface area (Å²) in [7, 11) is 0. The molecule has 0 aromatic carbocycles. The van der Waals surface area contributed by atoms with Gasteiger partial charge in [-0.25, -0.2) is 15.0 Å². The summed E-state index contributed by atoms with van der Waals surface area (Å²) < 4.78 is 6.11. The van der Waals surface area contributed by atoms with Crippen molar-refractivity contribution < 1.29 is 14.6 Å². The summed E-state index contributed by atoms with van der Waals surface area (Å²) in [6, 6.07) is 8.06. The lowest BCUT2D eigenvalue weighted by atomic mass is 10.1. The number of pyridine rings is 3. The molecule has 0 saturated heterocycles. The van der Waals surface area contributed by atoms with Crippen molar-refractivity contribution in [3.8, 4) is 28.4 Å². The van der Waals surface area contributed by atoms with E-state index in [1.54, 1.807) is 37.5 Å². The molecular weight excluding hydrogens is 386 g/mol. The zero-order chi connectivity index (χ0) is 21.1. The maximum absolute atomic E-state index is 13.1. The number of rotatable bonds is 6. The summed E-state index contributed by atoms with van der Waals surface area (Å²) in [5.41, 5.74) is 2.49. The monoisotopic (exact) mass is 403 g/mol. The van der Waals surface area contributed by atoms with Crippen LogP contribution in [0.2, 0.25) is 0 Å². The summed E-state index contributed by atoms with van der Waals surface area (Å²) in [4.78, 5) is 41.0. The Balaban J connectivity index is 1.98. The molecule has 4 aromatic heterocycles. The van der Waals surface area contributed by atoms with Gasteiger partial charge in [0, 0.05) is 35.8 Å². The molecular formula is C21H17N5O4. The Morgan fingerprint density at radius 1 is 1.20 bits per heavy atom. The first-order valence-electron chi connectivity index (χ1n) is 9.12. The van der Waals surface area contributed by atoms with Crippen LogP contribution in [0.25, 0.3) is 33.4 Å². The van der Waals surface area contributed by atoms with E-state index in [1.807, 2.05) is 6.07 Å². The van der Waals surface area contributed by atoms with E-state index >= 15 is 0 Å².